The number of hydrogen-bond donors (Lipinski definition) is 6. The molecule has 0 aliphatic heterocycles. The van der Waals surface area contributed by atoms with Crippen LogP contribution in [0.3, 0.4) is 0 Å². The molecular weight excluding hydrogens is 400 g/mol. The highest BCUT2D eigenvalue weighted by molar-refractivity contribution is 4.43. The van der Waals surface area contributed by atoms with Gasteiger partial charge in [0.05, 0.1) is 13.1 Å². The molecule has 0 aliphatic rings. The van der Waals surface area contributed by atoms with Gasteiger partial charge in [-0.3, -0.25) is 11.5 Å². The molecule has 0 rings (SSSR count). The fraction of sp³-hybridized carbons (Fsp3) is 1.00. The second kappa shape index (κ2) is 70.6. The third-order valence-electron chi connectivity index (χ3n) is 1.48. The zero-order valence-electron chi connectivity index (χ0n) is 21.4. The van der Waals surface area contributed by atoms with Crippen LogP contribution in [0.15, 0.2) is 10.4 Å². The first-order valence-corrected chi connectivity index (χ1v) is 10.6. The van der Waals surface area contributed by atoms with Crippen molar-refractivity contribution in [3.63, 3.8) is 0 Å². The largest absolute Gasteiger partial charge is 0.331 e. The molecule has 0 aromatic rings. The van der Waals surface area contributed by atoms with Crippen LogP contribution >= 0.6 is 0 Å². The maximum atomic E-state index is 7.86. The summed E-state index contributed by atoms with van der Waals surface area (Å²) in [5, 5.41) is 9.33. The molecule has 0 fully saturated rings. The normalized spacial score (nSPS) is 6.90. The lowest BCUT2D eigenvalue weighted by Crippen LogP contribution is -2.23. The predicted molar refractivity (Wildman–Crippen MR) is 136 cm³/mol. The van der Waals surface area contributed by atoms with Crippen LogP contribution in [0.2, 0.25) is 0 Å². The molecule has 31 heavy (non-hydrogen) atoms. The van der Waals surface area contributed by atoms with Crippen molar-refractivity contribution < 1.29 is 0 Å². The monoisotopic (exact) mass is 454 g/mol. The van der Waals surface area contributed by atoms with Crippen molar-refractivity contribution in [2.45, 2.75) is 61.8 Å². The first-order valence-electron chi connectivity index (χ1n) is 10.6. The fourth-order valence-corrected chi connectivity index (χ4v) is 0.571. The predicted octanol–water partition coefficient (Wildman–Crippen LogP) is 2.18. The first-order chi connectivity index (χ1) is 14.8. The lowest BCUT2D eigenvalue weighted by molar-refractivity contribution is 0.308. The Labute approximate surface area is 190 Å². The average Bonchev–Trinajstić information content (AvgIpc) is 2.73. The minimum atomic E-state index is 0.278. The van der Waals surface area contributed by atoms with Gasteiger partial charge in [0, 0.05) is 0 Å². The minimum Gasteiger partial charge on any atom is -0.331 e. The molecule has 0 aromatic carbocycles. The van der Waals surface area contributed by atoms with Crippen LogP contribution in [0.4, 0.5) is 0 Å². The Balaban J connectivity index is -0.0000000464. The maximum absolute atomic E-state index is 7.86. The van der Waals surface area contributed by atoms with Gasteiger partial charge < -0.3 is 22.9 Å². The Bertz CT molecular complexity index is 272. The van der Waals surface area contributed by atoms with Gasteiger partial charge in [-0.05, 0) is 50.5 Å². The molecule has 0 amide bonds. The van der Waals surface area contributed by atoms with Crippen molar-refractivity contribution in [3.05, 3.63) is 20.9 Å². The maximum Gasteiger partial charge on any atom is 0.138 e. The highest BCUT2D eigenvalue weighted by atomic mass is 15.6. The van der Waals surface area contributed by atoms with Gasteiger partial charge in [-0.1, -0.05) is 48.0 Å². The molecule has 0 saturated carbocycles. The summed E-state index contributed by atoms with van der Waals surface area (Å²) in [5.41, 5.74) is 45.4. The molecule has 14 nitrogen and oxygen atoms in total. The van der Waals surface area contributed by atoms with E-state index in [1.54, 1.807) is 0 Å². The third kappa shape index (κ3) is 132. The summed E-state index contributed by atoms with van der Waals surface area (Å²) in [4.78, 5) is 5.10. The van der Waals surface area contributed by atoms with Gasteiger partial charge in [-0.25, -0.2) is 10.0 Å². The van der Waals surface area contributed by atoms with E-state index in [2.05, 4.69) is 34.1 Å². The van der Waals surface area contributed by atoms with Gasteiger partial charge >= 0.3 is 0 Å². The molecule has 0 unspecified atom stereocenters. The Morgan fingerprint density at radius 3 is 0.742 bits per heavy atom. The molecule has 0 radical (unpaired) electrons. The van der Waals surface area contributed by atoms with Crippen LogP contribution in [-0.4, -0.2) is 62.6 Å². The second-order valence-electron chi connectivity index (χ2n) is 4.71. The lowest BCUT2D eigenvalue weighted by atomic mass is 10.6. The Morgan fingerprint density at radius 1 is 0.548 bits per heavy atom. The highest BCUT2D eigenvalue weighted by Crippen LogP contribution is 1.82. The minimum absolute atomic E-state index is 0.278. The summed E-state index contributed by atoms with van der Waals surface area (Å²) in [6.07, 6.45) is 1.25. The van der Waals surface area contributed by atoms with Crippen LogP contribution < -0.4 is 34.4 Å². The molecule has 12 N–H and O–H groups in total. The van der Waals surface area contributed by atoms with Gasteiger partial charge in [-0.2, -0.15) is 9.82 Å². The fourth-order valence-electron chi connectivity index (χ4n) is 0.571. The first kappa shape index (κ1) is 47.0. The van der Waals surface area contributed by atoms with Crippen molar-refractivity contribution in [1.82, 2.24) is 10.0 Å². The Kier molecular flexibility index (Phi) is 107. The van der Waals surface area contributed by atoms with Gasteiger partial charge in [0.25, 0.3) is 0 Å². The average molecular weight is 455 g/mol. The van der Waals surface area contributed by atoms with Crippen LogP contribution in [-0.2, 0) is 0 Å². The Morgan fingerprint density at radius 2 is 0.710 bits per heavy atom. The number of nitrogens with zero attached hydrogens (tertiary/aromatic N) is 8. The van der Waals surface area contributed by atoms with E-state index in [4.69, 9.17) is 45.5 Å². The van der Waals surface area contributed by atoms with Crippen molar-refractivity contribution in [1.29, 1.82) is 0 Å². The summed E-state index contributed by atoms with van der Waals surface area (Å²) >= 11 is 0. The number of nitrogens with two attached hydrogens (primary N) is 6. The van der Waals surface area contributed by atoms with E-state index in [1.165, 1.54) is 16.4 Å². The van der Waals surface area contributed by atoms with Gasteiger partial charge in [-0.15, -0.1) is 11.1 Å². The van der Waals surface area contributed by atoms with Crippen LogP contribution in [0.25, 0.3) is 20.9 Å². The van der Waals surface area contributed by atoms with Crippen molar-refractivity contribution in [2.75, 3.05) is 52.6 Å². The topological polar surface area (TPSA) is 260 Å². The quantitative estimate of drug-likeness (QED) is 0.113. The number of hydrogen-bond acceptors (Lipinski definition) is 8. The summed E-state index contributed by atoms with van der Waals surface area (Å²) < 4.78 is 0. The lowest BCUT2D eigenvalue weighted by Gasteiger charge is -2.05. The molecule has 0 aromatic heterocycles. The summed E-state index contributed by atoms with van der Waals surface area (Å²) in [6.45, 7) is 20.4. The van der Waals surface area contributed by atoms with E-state index in [-0.39, 0.29) is 13.3 Å². The summed E-state index contributed by atoms with van der Waals surface area (Å²) in [7, 11) is 0. The molecule has 0 saturated heterocycles. The molecule has 0 atom stereocenters. The van der Waals surface area contributed by atoms with Crippen LogP contribution in [0.5, 0.6) is 0 Å². The second-order valence-corrected chi connectivity index (χ2v) is 4.71. The van der Waals surface area contributed by atoms with E-state index >= 15 is 0 Å². The van der Waals surface area contributed by atoms with Crippen LogP contribution in [0, 0.1) is 0 Å². The van der Waals surface area contributed by atoms with Gasteiger partial charge in [0.15, 0.2) is 0 Å². The van der Waals surface area contributed by atoms with E-state index in [1.807, 2.05) is 41.5 Å². The molecule has 14 heteroatoms. The SMILES string of the molecule is CCC.CCN.CCN.CCN.CCN.CCN(CN)N=[N+]=[N-].CCN(CN)N=[N+]=[N-]. The van der Waals surface area contributed by atoms with Crippen molar-refractivity contribution >= 4 is 0 Å². The number of rotatable bonds is 6. The highest BCUT2D eigenvalue weighted by Gasteiger charge is 1.91. The molecule has 192 valence electrons. The molecule has 0 bridgehead atoms. The molecule has 0 heterocycles. The van der Waals surface area contributed by atoms with Gasteiger partial charge in [0.1, 0.15) is 13.3 Å². The summed E-state index contributed by atoms with van der Waals surface area (Å²) in [6, 6.07) is 0. The van der Waals surface area contributed by atoms with E-state index in [0.29, 0.717) is 13.1 Å². The van der Waals surface area contributed by atoms with Crippen molar-refractivity contribution in [3.8, 4) is 0 Å². The Hall–Kier alpha value is -2.02. The van der Waals surface area contributed by atoms with E-state index < -0.39 is 0 Å². The van der Waals surface area contributed by atoms with E-state index in [0.717, 1.165) is 26.2 Å². The molecular formula is C17H54N14. The zero-order valence-corrected chi connectivity index (χ0v) is 21.4. The molecule has 0 spiro atoms. The van der Waals surface area contributed by atoms with Gasteiger partial charge in [0.2, 0.25) is 0 Å². The van der Waals surface area contributed by atoms with Crippen molar-refractivity contribution in [2.24, 2.45) is 44.8 Å². The summed E-state index contributed by atoms with van der Waals surface area (Å²) in [5.74, 6) is 0. The van der Waals surface area contributed by atoms with E-state index in [9.17, 15) is 0 Å². The van der Waals surface area contributed by atoms with Crippen LogP contribution in [0.1, 0.15) is 61.8 Å². The standard InChI is InChI=1S/2C3H9N5.C3H8.4C2H7N/c2*1-2-8(3-4)7-6-5;1-3-2;4*1-2-3/h2*2-4H2,1H3;3H2,1-2H3;4*2-3H2,1H3. The third-order valence-corrected chi connectivity index (χ3v) is 1.48. The zero-order chi connectivity index (χ0) is 26.3. The smallest absolute Gasteiger partial charge is 0.138 e. The number of azide groups is 2. The molecule has 0 aliphatic carbocycles.